The summed E-state index contributed by atoms with van der Waals surface area (Å²) in [4.78, 5) is 44.3. The Bertz CT molecular complexity index is 798. The Balaban J connectivity index is 4.50. The average Bonchev–Trinajstić information content (AvgIpc) is 2.47. The molecule has 0 atom stereocenters. The van der Waals surface area contributed by atoms with Gasteiger partial charge in [0.2, 0.25) is 0 Å². The fourth-order valence-electron chi connectivity index (χ4n) is 5.38. The lowest BCUT2D eigenvalue weighted by molar-refractivity contribution is 0.115. The van der Waals surface area contributed by atoms with E-state index in [2.05, 4.69) is 20.9 Å². The fraction of sp³-hybridized carbons (Fsp3) is 0.737. The molecule has 1 aromatic rings. The van der Waals surface area contributed by atoms with Crippen LogP contribution in [0.15, 0.2) is 16.7 Å². The van der Waals surface area contributed by atoms with E-state index in [1.807, 2.05) is 13.8 Å². The molecule has 0 aromatic carbocycles. The predicted molar refractivity (Wildman–Crippen MR) is 119 cm³/mol. The van der Waals surface area contributed by atoms with Crippen LogP contribution < -0.4 is 0 Å². The Morgan fingerprint density at radius 1 is 0.862 bits per heavy atom. The van der Waals surface area contributed by atoms with E-state index in [1.54, 1.807) is 40.0 Å². The van der Waals surface area contributed by atoms with E-state index in [0.29, 0.717) is 15.7 Å². The monoisotopic (exact) mass is 513 g/mol. The van der Waals surface area contributed by atoms with Gasteiger partial charge in [-0.15, -0.1) is 0 Å². The molecule has 4 N–H and O–H groups in total. The summed E-state index contributed by atoms with van der Waals surface area (Å²) in [7, 11) is -10.7. The SMILES string of the molecule is CC(C)c1ncc(Br)cc1C(C(C)C)(C(C)C)C(C(C)C)(P(=O)(O)O)P(=O)(O)O. The molecule has 0 aliphatic carbocycles. The molecule has 7 nitrogen and oxygen atoms in total. The largest absolute Gasteiger partial charge is 0.344 e. The standard InChI is InChI=1S/C19H34BrNO6P2/c1-11(2)17-16(9-15(20)10-21-17)18(12(3)4,13(5)6)19(14(7)8,28(22,23)24)29(25,26)27/h9-14H,1-8H3,(H2,22,23,24)(H2,25,26,27). The van der Waals surface area contributed by atoms with E-state index in [9.17, 15) is 28.7 Å². The molecule has 1 heterocycles. The summed E-state index contributed by atoms with van der Waals surface area (Å²) >= 11 is 3.39. The van der Waals surface area contributed by atoms with Crippen LogP contribution in [-0.4, -0.2) is 29.5 Å². The van der Waals surface area contributed by atoms with Crippen LogP contribution in [0.2, 0.25) is 0 Å². The second-order valence-corrected chi connectivity index (χ2v) is 13.7. The summed E-state index contributed by atoms with van der Waals surface area (Å²) in [5, 5.41) is 0. The Hall–Kier alpha value is -0.0700. The number of hydrogen-bond acceptors (Lipinski definition) is 3. The Morgan fingerprint density at radius 2 is 1.28 bits per heavy atom. The maximum Gasteiger partial charge on any atom is 0.344 e. The molecule has 1 rings (SSSR count). The van der Waals surface area contributed by atoms with Gasteiger partial charge in [-0.05, 0) is 51.2 Å². The van der Waals surface area contributed by atoms with Crippen LogP contribution in [-0.2, 0) is 14.5 Å². The molecule has 29 heavy (non-hydrogen) atoms. The van der Waals surface area contributed by atoms with Gasteiger partial charge in [-0.2, -0.15) is 0 Å². The summed E-state index contributed by atoms with van der Waals surface area (Å²) < 4.78 is 26.8. The molecular weight excluding hydrogens is 480 g/mol. The van der Waals surface area contributed by atoms with Crippen LogP contribution in [0.3, 0.4) is 0 Å². The van der Waals surface area contributed by atoms with Crippen molar-refractivity contribution in [2.24, 2.45) is 17.8 Å². The number of halogens is 1. The summed E-state index contributed by atoms with van der Waals surface area (Å²) in [5.41, 5.74) is -0.523. The lowest BCUT2D eigenvalue weighted by Gasteiger charge is -2.57. The third-order valence-electron chi connectivity index (χ3n) is 6.00. The van der Waals surface area contributed by atoms with Gasteiger partial charge in [0.1, 0.15) is 0 Å². The minimum absolute atomic E-state index is 0.117. The summed E-state index contributed by atoms with van der Waals surface area (Å²) in [6.07, 6.45) is 1.59. The first-order valence-corrected chi connectivity index (χ1v) is 13.7. The van der Waals surface area contributed by atoms with Crippen molar-refractivity contribution < 1.29 is 28.7 Å². The fourth-order valence-corrected chi connectivity index (χ4v) is 10.7. The average molecular weight is 514 g/mol. The molecule has 0 aliphatic heterocycles. The number of pyridine rings is 1. The van der Waals surface area contributed by atoms with E-state index in [-0.39, 0.29) is 5.92 Å². The van der Waals surface area contributed by atoms with E-state index < -0.39 is 43.3 Å². The van der Waals surface area contributed by atoms with Crippen molar-refractivity contribution in [3.05, 3.63) is 28.0 Å². The molecule has 1 aromatic heterocycles. The van der Waals surface area contributed by atoms with Gasteiger partial charge >= 0.3 is 15.2 Å². The Morgan fingerprint density at radius 3 is 1.55 bits per heavy atom. The topological polar surface area (TPSA) is 128 Å². The van der Waals surface area contributed by atoms with Gasteiger partial charge in [0, 0.05) is 21.8 Å². The third kappa shape index (κ3) is 4.07. The summed E-state index contributed by atoms with van der Waals surface area (Å²) in [6, 6.07) is 1.71. The van der Waals surface area contributed by atoms with Gasteiger partial charge in [0.05, 0.1) is 0 Å². The predicted octanol–water partition coefficient (Wildman–Crippen LogP) is 5.23. The minimum atomic E-state index is -5.35. The number of aromatic nitrogens is 1. The molecular formula is C19H34BrNO6P2. The molecule has 0 bridgehead atoms. The van der Waals surface area contributed by atoms with Crippen molar-refractivity contribution in [3.8, 4) is 0 Å². The third-order valence-corrected chi connectivity index (χ3v) is 11.5. The van der Waals surface area contributed by atoms with Gasteiger partial charge in [-0.25, -0.2) is 0 Å². The zero-order valence-corrected chi connectivity index (χ0v) is 21.7. The molecule has 0 saturated carbocycles. The van der Waals surface area contributed by atoms with Gasteiger partial charge in [-0.3, -0.25) is 14.1 Å². The van der Waals surface area contributed by atoms with Gasteiger partial charge < -0.3 is 19.6 Å². The molecule has 0 aliphatic rings. The first-order chi connectivity index (χ1) is 12.9. The molecule has 0 unspecified atom stereocenters. The quantitative estimate of drug-likeness (QED) is 0.350. The second-order valence-electron chi connectivity index (χ2n) is 8.89. The maximum atomic E-state index is 13.1. The zero-order valence-electron chi connectivity index (χ0n) is 18.3. The summed E-state index contributed by atoms with van der Waals surface area (Å²) in [5.74, 6) is -2.17. The smallest absolute Gasteiger partial charge is 0.324 e. The molecule has 0 radical (unpaired) electrons. The van der Waals surface area contributed by atoms with Crippen LogP contribution >= 0.6 is 31.1 Å². The molecule has 168 valence electrons. The number of rotatable bonds is 8. The van der Waals surface area contributed by atoms with Gasteiger partial charge in [0.25, 0.3) is 0 Å². The minimum Gasteiger partial charge on any atom is -0.324 e. The lowest BCUT2D eigenvalue weighted by atomic mass is 9.59. The van der Waals surface area contributed by atoms with E-state index in [4.69, 9.17) is 0 Å². The highest BCUT2D eigenvalue weighted by atomic mass is 79.9. The lowest BCUT2D eigenvalue weighted by Crippen LogP contribution is -2.60. The molecule has 0 amide bonds. The first kappa shape index (κ1) is 27.0. The normalized spacial score (nSPS) is 14.5. The van der Waals surface area contributed by atoms with Crippen molar-refractivity contribution in [2.75, 3.05) is 0 Å². The highest BCUT2D eigenvalue weighted by Crippen LogP contribution is 2.81. The van der Waals surface area contributed by atoms with E-state index >= 15 is 0 Å². The summed E-state index contributed by atoms with van der Waals surface area (Å²) in [6.45, 7) is 13.8. The Kier molecular flexibility index (Phi) is 8.20. The van der Waals surface area contributed by atoms with E-state index in [0.717, 1.165) is 0 Å². The van der Waals surface area contributed by atoms with Crippen molar-refractivity contribution in [2.45, 2.75) is 71.6 Å². The van der Waals surface area contributed by atoms with Crippen molar-refractivity contribution >= 4 is 31.1 Å². The van der Waals surface area contributed by atoms with Crippen molar-refractivity contribution in [3.63, 3.8) is 0 Å². The van der Waals surface area contributed by atoms with Gasteiger partial charge in [0.15, 0.2) is 4.90 Å². The van der Waals surface area contributed by atoms with Gasteiger partial charge in [-0.1, -0.05) is 55.4 Å². The van der Waals surface area contributed by atoms with Crippen LogP contribution in [0.25, 0.3) is 0 Å². The molecule has 10 heteroatoms. The van der Waals surface area contributed by atoms with Crippen molar-refractivity contribution in [1.29, 1.82) is 0 Å². The number of nitrogens with zero attached hydrogens (tertiary/aromatic N) is 1. The van der Waals surface area contributed by atoms with Crippen LogP contribution in [0.4, 0.5) is 0 Å². The van der Waals surface area contributed by atoms with Crippen LogP contribution in [0, 0.1) is 17.8 Å². The van der Waals surface area contributed by atoms with Crippen LogP contribution in [0.5, 0.6) is 0 Å². The zero-order chi connectivity index (χ0) is 23.2. The molecule has 0 spiro atoms. The van der Waals surface area contributed by atoms with Crippen molar-refractivity contribution in [1.82, 2.24) is 4.98 Å². The first-order valence-electron chi connectivity index (χ1n) is 9.67. The van der Waals surface area contributed by atoms with Crippen LogP contribution in [0.1, 0.15) is 72.6 Å². The molecule has 0 saturated heterocycles. The maximum absolute atomic E-state index is 13.1. The van der Waals surface area contributed by atoms with E-state index in [1.165, 1.54) is 13.8 Å². The highest BCUT2D eigenvalue weighted by molar-refractivity contribution is 9.10. The Labute approximate surface area is 182 Å². The second kappa shape index (κ2) is 8.82. The molecule has 0 fully saturated rings. The number of hydrogen-bond donors (Lipinski definition) is 4. The highest BCUT2D eigenvalue weighted by Gasteiger charge is 2.75.